The maximum atomic E-state index is 13.1. The molecule has 0 spiro atoms. The van der Waals surface area contributed by atoms with Crippen molar-refractivity contribution in [3.05, 3.63) is 65.8 Å². The van der Waals surface area contributed by atoms with E-state index in [2.05, 4.69) is 65.0 Å². The van der Waals surface area contributed by atoms with Crippen molar-refractivity contribution in [1.82, 2.24) is 19.4 Å². The Morgan fingerprint density at radius 3 is 2.59 bits per heavy atom. The van der Waals surface area contributed by atoms with E-state index in [0.29, 0.717) is 11.6 Å². The van der Waals surface area contributed by atoms with E-state index in [4.69, 9.17) is 9.90 Å². The normalized spacial score (nSPS) is 22.9. The van der Waals surface area contributed by atoms with E-state index in [1.807, 2.05) is 11.6 Å². The Bertz CT molecular complexity index is 940. The van der Waals surface area contributed by atoms with E-state index in [1.54, 1.807) is 12.5 Å². The molecule has 1 N–H and O–H groups in total. The Balaban J connectivity index is 0.000000913. The van der Waals surface area contributed by atoms with Crippen LogP contribution < -0.4 is 0 Å². The van der Waals surface area contributed by atoms with Crippen molar-refractivity contribution in [2.24, 2.45) is 18.4 Å². The van der Waals surface area contributed by atoms with Crippen LogP contribution in [-0.2, 0) is 18.3 Å². The molecule has 2 fully saturated rings. The van der Waals surface area contributed by atoms with Crippen LogP contribution in [0.5, 0.6) is 0 Å². The van der Waals surface area contributed by atoms with Gasteiger partial charge in [-0.1, -0.05) is 42.0 Å². The number of carboxylic acid groups (broad SMARTS) is 1. The summed E-state index contributed by atoms with van der Waals surface area (Å²) >= 11 is 0. The summed E-state index contributed by atoms with van der Waals surface area (Å²) in [6, 6.07) is 10.7. The van der Waals surface area contributed by atoms with Crippen molar-refractivity contribution in [3.8, 4) is 0 Å². The number of carbonyl (C=O) groups excluding carboxylic acids is 1. The van der Waals surface area contributed by atoms with Crippen LogP contribution in [0, 0.1) is 11.3 Å². The zero-order valence-corrected chi connectivity index (χ0v) is 19.3. The Kier molecular flexibility index (Phi) is 7.85. The highest BCUT2D eigenvalue weighted by atomic mass is 16.3. The summed E-state index contributed by atoms with van der Waals surface area (Å²) in [5.41, 5.74) is 3.67. The highest BCUT2D eigenvalue weighted by molar-refractivity contribution is 5.92. The number of nitrogens with zero attached hydrogens (tertiary/aromatic N) is 4. The van der Waals surface area contributed by atoms with Gasteiger partial charge in [-0.2, -0.15) is 0 Å². The summed E-state index contributed by atoms with van der Waals surface area (Å²) in [4.78, 5) is 30.3. The fraction of sp³-hybridized carbons (Fsp3) is 0.480. The molecule has 172 valence electrons. The quantitative estimate of drug-likeness (QED) is 0.554. The number of benzene rings is 1. The number of hydrogen-bond donors (Lipinski definition) is 1. The summed E-state index contributed by atoms with van der Waals surface area (Å²) in [5, 5.41) is 6.89. The minimum Gasteiger partial charge on any atom is -0.483 e. The van der Waals surface area contributed by atoms with Crippen molar-refractivity contribution in [2.45, 2.75) is 26.7 Å². The third kappa shape index (κ3) is 5.27. The first-order valence-corrected chi connectivity index (χ1v) is 11.1. The number of allylic oxidation sites excluding steroid dienone is 1. The number of fused-ring (bicyclic) bond motifs is 1. The van der Waals surface area contributed by atoms with E-state index < -0.39 is 0 Å². The van der Waals surface area contributed by atoms with Gasteiger partial charge in [0.1, 0.15) is 5.69 Å². The first kappa shape index (κ1) is 23.7. The second kappa shape index (κ2) is 10.6. The molecule has 2 aromatic rings. The van der Waals surface area contributed by atoms with Crippen LogP contribution in [0.4, 0.5) is 0 Å². The lowest BCUT2D eigenvalue weighted by Crippen LogP contribution is -2.38. The molecule has 0 bridgehead atoms. The highest BCUT2D eigenvalue weighted by Gasteiger charge is 2.53. The molecule has 1 aromatic carbocycles. The molecule has 0 radical (unpaired) electrons. The van der Waals surface area contributed by atoms with Crippen molar-refractivity contribution >= 4 is 12.4 Å². The van der Waals surface area contributed by atoms with Gasteiger partial charge in [0.2, 0.25) is 0 Å². The summed E-state index contributed by atoms with van der Waals surface area (Å²) in [6.45, 7) is 8.97. The average molecular weight is 439 g/mol. The van der Waals surface area contributed by atoms with Crippen LogP contribution in [0.2, 0.25) is 0 Å². The molecule has 7 nitrogen and oxygen atoms in total. The van der Waals surface area contributed by atoms with Crippen LogP contribution in [-0.4, -0.2) is 69.6 Å². The molecule has 1 amide bonds. The van der Waals surface area contributed by atoms with Gasteiger partial charge in [-0.3, -0.25) is 14.5 Å². The minimum absolute atomic E-state index is 0.120. The van der Waals surface area contributed by atoms with Crippen molar-refractivity contribution in [1.29, 1.82) is 0 Å². The van der Waals surface area contributed by atoms with Crippen LogP contribution >= 0.6 is 0 Å². The molecule has 2 aliphatic heterocycles. The van der Waals surface area contributed by atoms with Gasteiger partial charge in [0, 0.05) is 45.2 Å². The molecule has 4 rings (SSSR count). The van der Waals surface area contributed by atoms with Crippen molar-refractivity contribution in [2.75, 3.05) is 32.7 Å². The lowest BCUT2D eigenvalue weighted by Gasteiger charge is -2.30. The molecule has 0 saturated carbocycles. The Morgan fingerprint density at radius 1 is 1.25 bits per heavy atom. The predicted molar refractivity (Wildman–Crippen MR) is 124 cm³/mol. The van der Waals surface area contributed by atoms with E-state index in [-0.39, 0.29) is 17.8 Å². The molecular formula is C25H34N4O3. The molecule has 7 heteroatoms. The number of aryl methyl sites for hydroxylation is 2. The zero-order valence-electron chi connectivity index (χ0n) is 19.3. The Hall–Kier alpha value is -2.93. The van der Waals surface area contributed by atoms with Crippen LogP contribution in [0.25, 0.3) is 0 Å². The van der Waals surface area contributed by atoms with Crippen LogP contribution in [0.3, 0.4) is 0 Å². The Labute approximate surface area is 190 Å². The third-order valence-corrected chi connectivity index (χ3v) is 6.87. The van der Waals surface area contributed by atoms with Gasteiger partial charge in [0.25, 0.3) is 12.4 Å². The summed E-state index contributed by atoms with van der Waals surface area (Å²) in [6.07, 6.45) is 7.80. The second-order valence-electron chi connectivity index (χ2n) is 9.03. The standard InChI is InChI=1S/C24H32N4O.CH2O2/c1-4-19(2)13-27-14-21-15-28(23(29)22-12-25-18-26(22)3)17-24(21,16-27)11-10-20-8-6-5-7-9-20;2-1-3/h4-9,12,18,21H,10-11,13-17H2,1-3H3;1H,(H,2,3)/b19-4+;. The molecule has 32 heavy (non-hydrogen) atoms. The molecule has 1 aromatic heterocycles. The number of aromatic nitrogens is 2. The lowest BCUT2D eigenvalue weighted by atomic mass is 9.76. The van der Waals surface area contributed by atoms with Crippen molar-refractivity contribution in [3.63, 3.8) is 0 Å². The summed E-state index contributed by atoms with van der Waals surface area (Å²) in [5.74, 6) is 0.655. The number of imidazole rings is 1. The number of amides is 1. The van der Waals surface area contributed by atoms with Gasteiger partial charge >= 0.3 is 0 Å². The van der Waals surface area contributed by atoms with E-state index in [1.165, 1.54) is 11.1 Å². The van der Waals surface area contributed by atoms with E-state index in [0.717, 1.165) is 45.6 Å². The predicted octanol–water partition coefficient (Wildman–Crippen LogP) is 3.09. The summed E-state index contributed by atoms with van der Waals surface area (Å²) in [7, 11) is 1.89. The van der Waals surface area contributed by atoms with Crippen LogP contribution in [0.15, 0.2) is 54.5 Å². The largest absolute Gasteiger partial charge is 0.483 e. The van der Waals surface area contributed by atoms with Crippen molar-refractivity contribution < 1.29 is 14.7 Å². The molecule has 2 atom stereocenters. The van der Waals surface area contributed by atoms with Gasteiger partial charge in [-0.25, -0.2) is 4.98 Å². The van der Waals surface area contributed by atoms with Crippen LogP contribution in [0.1, 0.15) is 36.3 Å². The van der Waals surface area contributed by atoms with Gasteiger partial charge < -0.3 is 14.6 Å². The fourth-order valence-electron chi connectivity index (χ4n) is 5.13. The number of likely N-dealkylation sites (tertiary alicyclic amines) is 2. The lowest BCUT2D eigenvalue weighted by molar-refractivity contribution is -0.122. The maximum absolute atomic E-state index is 13.1. The van der Waals surface area contributed by atoms with Gasteiger partial charge in [-0.15, -0.1) is 0 Å². The van der Waals surface area contributed by atoms with E-state index in [9.17, 15) is 4.79 Å². The number of hydrogen-bond acceptors (Lipinski definition) is 4. The van der Waals surface area contributed by atoms with Gasteiger partial charge in [-0.05, 0) is 38.2 Å². The first-order valence-electron chi connectivity index (χ1n) is 11.1. The monoisotopic (exact) mass is 438 g/mol. The maximum Gasteiger partial charge on any atom is 0.290 e. The second-order valence-corrected chi connectivity index (χ2v) is 9.03. The molecule has 2 unspecified atom stereocenters. The third-order valence-electron chi connectivity index (χ3n) is 6.87. The highest BCUT2D eigenvalue weighted by Crippen LogP contribution is 2.46. The SMILES string of the molecule is C/C=C(\C)CN1CC2CN(C(=O)c3cncn3C)CC2(CCc2ccccc2)C1.O=CO. The zero-order chi connectivity index (χ0) is 23.1. The summed E-state index contributed by atoms with van der Waals surface area (Å²) < 4.78 is 1.83. The van der Waals surface area contributed by atoms with Gasteiger partial charge in [0.05, 0.1) is 12.5 Å². The average Bonchev–Trinajstić information content (AvgIpc) is 3.45. The molecule has 2 aliphatic rings. The first-order chi connectivity index (χ1) is 15.4. The smallest absolute Gasteiger partial charge is 0.290 e. The van der Waals surface area contributed by atoms with Gasteiger partial charge in [0.15, 0.2) is 0 Å². The molecule has 3 heterocycles. The number of carbonyl (C=O) groups is 2. The van der Waals surface area contributed by atoms with E-state index >= 15 is 0 Å². The topological polar surface area (TPSA) is 78.7 Å². The fourth-order valence-corrected chi connectivity index (χ4v) is 5.13. The molecular weight excluding hydrogens is 404 g/mol. The minimum atomic E-state index is -0.250. The molecule has 0 aliphatic carbocycles. The molecule has 2 saturated heterocycles. The number of rotatable bonds is 6. The Morgan fingerprint density at radius 2 is 1.97 bits per heavy atom.